The average molecular weight is 475 g/mol. The van der Waals surface area contributed by atoms with Crippen LogP contribution in [-0.2, 0) is 17.8 Å². The monoisotopic (exact) mass is 474 g/mol. The molecule has 0 aliphatic heterocycles. The molecule has 0 bridgehead atoms. The molecule has 0 atom stereocenters. The molecule has 0 unspecified atom stereocenters. The molecule has 0 radical (unpaired) electrons. The number of hydrogen-bond donors (Lipinski definition) is 1. The Morgan fingerprint density at radius 3 is 2.66 bits per heavy atom. The van der Waals surface area contributed by atoms with Crippen LogP contribution < -0.4 is 19.5 Å². The van der Waals surface area contributed by atoms with Crippen LogP contribution in [0.1, 0.15) is 24.8 Å². The van der Waals surface area contributed by atoms with Crippen LogP contribution in [-0.4, -0.2) is 34.7 Å². The summed E-state index contributed by atoms with van der Waals surface area (Å²) in [6, 6.07) is 16.4. The van der Waals surface area contributed by atoms with E-state index in [2.05, 4.69) is 20.4 Å². The van der Waals surface area contributed by atoms with Gasteiger partial charge in [-0.25, -0.2) is 0 Å². The van der Waals surface area contributed by atoms with Crippen LogP contribution in [0, 0.1) is 0 Å². The van der Waals surface area contributed by atoms with E-state index in [1.807, 2.05) is 43.3 Å². The third-order valence-corrected chi connectivity index (χ3v) is 5.02. The summed E-state index contributed by atoms with van der Waals surface area (Å²) in [5.74, 6) is 2.54. The first-order valence-corrected chi connectivity index (χ1v) is 11.2. The van der Waals surface area contributed by atoms with E-state index in [9.17, 15) is 4.79 Å². The van der Waals surface area contributed by atoms with Crippen molar-refractivity contribution in [2.45, 2.75) is 26.4 Å². The Hall–Kier alpha value is -4.40. The lowest BCUT2D eigenvalue weighted by Gasteiger charge is -2.13. The largest absolute Gasteiger partial charge is 0.494 e. The summed E-state index contributed by atoms with van der Waals surface area (Å²) in [5.41, 5.74) is 2.33. The molecule has 0 saturated carbocycles. The van der Waals surface area contributed by atoms with E-state index in [-0.39, 0.29) is 12.3 Å². The highest BCUT2D eigenvalue weighted by atomic mass is 16.5. The SMILES string of the molecule is CCOc1ccc(-c2noc(CCC(=O)Nc3ccc(OC)c(OCc4cccnc4)c3)n2)cc1. The number of methoxy groups -OCH3 is 1. The van der Waals surface area contributed by atoms with E-state index >= 15 is 0 Å². The summed E-state index contributed by atoms with van der Waals surface area (Å²) in [5, 5.41) is 6.87. The van der Waals surface area contributed by atoms with E-state index in [0.29, 0.717) is 48.5 Å². The number of carbonyl (C=O) groups excluding carboxylic acids is 1. The molecule has 1 amide bonds. The quantitative estimate of drug-likeness (QED) is 0.334. The van der Waals surface area contributed by atoms with Gasteiger partial charge in [-0.2, -0.15) is 4.98 Å². The van der Waals surface area contributed by atoms with Crippen LogP contribution in [0.15, 0.2) is 71.5 Å². The number of ether oxygens (including phenoxy) is 3. The smallest absolute Gasteiger partial charge is 0.227 e. The number of anilines is 1. The topological polar surface area (TPSA) is 109 Å². The fourth-order valence-corrected chi connectivity index (χ4v) is 3.30. The van der Waals surface area contributed by atoms with Crippen LogP contribution >= 0.6 is 0 Å². The maximum absolute atomic E-state index is 12.5. The molecule has 35 heavy (non-hydrogen) atoms. The second-order valence-corrected chi connectivity index (χ2v) is 7.53. The summed E-state index contributed by atoms with van der Waals surface area (Å²) in [6.45, 7) is 2.86. The number of rotatable bonds is 11. The van der Waals surface area contributed by atoms with Crippen molar-refractivity contribution in [2.24, 2.45) is 0 Å². The number of nitrogens with one attached hydrogen (secondary N) is 1. The molecular weight excluding hydrogens is 448 g/mol. The van der Waals surface area contributed by atoms with Crippen molar-refractivity contribution < 1.29 is 23.5 Å². The summed E-state index contributed by atoms with van der Waals surface area (Å²) in [7, 11) is 1.57. The van der Waals surface area contributed by atoms with Gasteiger partial charge < -0.3 is 24.1 Å². The molecule has 0 aliphatic carbocycles. The zero-order chi connectivity index (χ0) is 24.5. The maximum Gasteiger partial charge on any atom is 0.227 e. The van der Waals surface area contributed by atoms with Gasteiger partial charge in [-0.1, -0.05) is 11.2 Å². The van der Waals surface area contributed by atoms with Gasteiger partial charge in [-0.05, 0) is 49.4 Å². The second-order valence-electron chi connectivity index (χ2n) is 7.53. The lowest BCUT2D eigenvalue weighted by Crippen LogP contribution is -2.12. The van der Waals surface area contributed by atoms with E-state index in [0.717, 1.165) is 16.9 Å². The number of amides is 1. The van der Waals surface area contributed by atoms with Gasteiger partial charge in [0.1, 0.15) is 12.4 Å². The number of aryl methyl sites for hydroxylation is 1. The molecule has 1 N–H and O–H groups in total. The van der Waals surface area contributed by atoms with Gasteiger partial charge in [0.25, 0.3) is 0 Å². The summed E-state index contributed by atoms with van der Waals surface area (Å²) < 4.78 is 22.0. The van der Waals surface area contributed by atoms with Crippen LogP contribution in [0.4, 0.5) is 5.69 Å². The summed E-state index contributed by atoms with van der Waals surface area (Å²) in [4.78, 5) is 21.0. The number of carbonyl (C=O) groups is 1. The molecule has 0 saturated heterocycles. The Morgan fingerprint density at radius 2 is 1.91 bits per heavy atom. The van der Waals surface area contributed by atoms with Gasteiger partial charge in [0.15, 0.2) is 11.5 Å². The van der Waals surface area contributed by atoms with Crippen molar-refractivity contribution in [3.05, 3.63) is 78.4 Å². The lowest BCUT2D eigenvalue weighted by molar-refractivity contribution is -0.116. The summed E-state index contributed by atoms with van der Waals surface area (Å²) in [6.07, 6.45) is 3.94. The Kier molecular flexibility index (Phi) is 7.90. The number of nitrogens with zero attached hydrogens (tertiary/aromatic N) is 3. The standard InChI is InChI=1S/C26H26N4O5/c1-3-33-21-9-6-19(7-10-21)26-29-25(35-30-26)13-12-24(31)28-20-8-11-22(32-2)23(15-20)34-17-18-5-4-14-27-16-18/h4-11,14-16H,3,12-13,17H2,1-2H3,(H,28,31). The number of pyridine rings is 1. The van der Waals surface area contributed by atoms with Gasteiger partial charge in [0, 0.05) is 48.1 Å². The van der Waals surface area contributed by atoms with Crippen molar-refractivity contribution in [3.63, 3.8) is 0 Å². The van der Waals surface area contributed by atoms with E-state index in [4.69, 9.17) is 18.7 Å². The van der Waals surface area contributed by atoms with Gasteiger partial charge >= 0.3 is 0 Å². The van der Waals surface area contributed by atoms with Crippen LogP contribution in [0.3, 0.4) is 0 Å². The Labute approximate surface area is 203 Å². The maximum atomic E-state index is 12.5. The lowest BCUT2D eigenvalue weighted by atomic mass is 10.2. The first-order chi connectivity index (χ1) is 17.1. The minimum absolute atomic E-state index is 0.183. The fourth-order valence-electron chi connectivity index (χ4n) is 3.30. The first-order valence-electron chi connectivity index (χ1n) is 11.2. The predicted octanol–water partition coefficient (Wildman–Crippen LogP) is 4.69. The summed E-state index contributed by atoms with van der Waals surface area (Å²) >= 11 is 0. The third kappa shape index (κ3) is 6.57. The molecule has 180 valence electrons. The third-order valence-electron chi connectivity index (χ3n) is 5.02. The van der Waals surface area contributed by atoms with Crippen molar-refractivity contribution in [2.75, 3.05) is 19.0 Å². The number of benzene rings is 2. The Morgan fingerprint density at radius 1 is 1.06 bits per heavy atom. The second kappa shape index (κ2) is 11.6. The van der Waals surface area contributed by atoms with Gasteiger partial charge in [0.2, 0.25) is 17.6 Å². The highest BCUT2D eigenvalue weighted by Gasteiger charge is 2.13. The van der Waals surface area contributed by atoms with Crippen molar-refractivity contribution in [3.8, 4) is 28.6 Å². The molecule has 4 rings (SSSR count). The zero-order valence-electron chi connectivity index (χ0n) is 19.6. The highest BCUT2D eigenvalue weighted by molar-refractivity contribution is 5.91. The molecule has 9 nitrogen and oxygen atoms in total. The molecule has 0 fully saturated rings. The minimum Gasteiger partial charge on any atom is -0.494 e. The molecule has 0 aliphatic rings. The Balaban J connectivity index is 1.32. The molecule has 2 aromatic carbocycles. The normalized spacial score (nSPS) is 10.6. The minimum atomic E-state index is -0.186. The molecule has 2 heterocycles. The van der Waals surface area contributed by atoms with Crippen LogP contribution in [0.2, 0.25) is 0 Å². The van der Waals surface area contributed by atoms with E-state index in [1.165, 1.54) is 0 Å². The Bertz CT molecular complexity index is 1240. The molecular formula is C26H26N4O5. The number of aromatic nitrogens is 3. The van der Waals surface area contributed by atoms with Gasteiger partial charge in [0.05, 0.1) is 13.7 Å². The molecule has 2 aromatic heterocycles. The zero-order valence-corrected chi connectivity index (χ0v) is 19.6. The molecule has 9 heteroatoms. The van der Waals surface area contributed by atoms with Crippen molar-refractivity contribution in [1.29, 1.82) is 0 Å². The molecule has 0 spiro atoms. The van der Waals surface area contributed by atoms with Crippen molar-refractivity contribution >= 4 is 11.6 Å². The van der Waals surface area contributed by atoms with E-state index < -0.39 is 0 Å². The highest BCUT2D eigenvalue weighted by Crippen LogP contribution is 2.31. The van der Waals surface area contributed by atoms with E-state index in [1.54, 1.807) is 37.7 Å². The van der Waals surface area contributed by atoms with Gasteiger partial charge in [-0.3, -0.25) is 9.78 Å². The molecule has 4 aromatic rings. The van der Waals surface area contributed by atoms with Crippen LogP contribution in [0.5, 0.6) is 17.2 Å². The van der Waals surface area contributed by atoms with Crippen LogP contribution in [0.25, 0.3) is 11.4 Å². The first kappa shape index (κ1) is 23.7. The number of hydrogen-bond acceptors (Lipinski definition) is 8. The predicted molar refractivity (Wildman–Crippen MR) is 129 cm³/mol. The van der Waals surface area contributed by atoms with Gasteiger partial charge in [-0.15, -0.1) is 0 Å². The average Bonchev–Trinajstić information content (AvgIpc) is 3.37. The van der Waals surface area contributed by atoms with Crippen molar-refractivity contribution in [1.82, 2.24) is 15.1 Å². The fraction of sp³-hybridized carbons (Fsp3) is 0.231.